The number of hydrogen-bond acceptors (Lipinski definition) is 3. The fourth-order valence-corrected chi connectivity index (χ4v) is 1.45. The highest BCUT2D eigenvalue weighted by molar-refractivity contribution is 4.80. The predicted octanol–water partition coefficient (Wildman–Crippen LogP) is 2.21. The van der Waals surface area contributed by atoms with Crippen molar-refractivity contribution in [1.29, 1.82) is 0 Å². The van der Waals surface area contributed by atoms with Gasteiger partial charge >= 0.3 is 0 Å². The van der Waals surface area contributed by atoms with Crippen molar-refractivity contribution in [3.8, 4) is 0 Å². The van der Waals surface area contributed by atoms with Gasteiger partial charge in [0.2, 0.25) is 0 Å². The van der Waals surface area contributed by atoms with Gasteiger partial charge < -0.3 is 14.9 Å². The van der Waals surface area contributed by atoms with E-state index in [-0.39, 0.29) is 30.1 Å². The van der Waals surface area contributed by atoms with Gasteiger partial charge in [-0.3, -0.25) is 0 Å². The van der Waals surface area contributed by atoms with E-state index in [2.05, 4.69) is 41.5 Å². The average molecular weight is 232 g/mol. The third-order valence-electron chi connectivity index (χ3n) is 2.46. The molecule has 0 aromatic heterocycles. The molecule has 0 aliphatic carbocycles. The molecule has 0 heterocycles. The number of ether oxygens (including phenoxy) is 1. The molecule has 0 rings (SSSR count). The van der Waals surface area contributed by atoms with E-state index in [0.29, 0.717) is 0 Å². The Hall–Kier alpha value is -0.120. The van der Waals surface area contributed by atoms with Gasteiger partial charge in [0.05, 0.1) is 19.3 Å². The van der Waals surface area contributed by atoms with Gasteiger partial charge in [-0.25, -0.2) is 0 Å². The molecule has 0 amide bonds. The minimum atomic E-state index is -0.773. The van der Waals surface area contributed by atoms with Crippen molar-refractivity contribution in [2.75, 3.05) is 13.2 Å². The largest absolute Gasteiger partial charge is 0.394 e. The third kappa shape index (κ3) is 7.20. The second-order valence-electron chi connectivity index (χ2n) is 6.79. The molecule has 0 aromatic carbocycles. The van der Waals surface area contributed by atoms with E-state index < -0.39 is 6.10 Å². The Morgan fingerprint density at radius 1 is 1.06 bits per heavy atom. The van der Waals surface area contributed by atoms with Crippen molar-refractivity contribution in [3.05, 3.63) is 0 Å². The van der Waals surface area contributed by atoms with E-state index in [1.807, 2.05) is 0 Å². The Morgan fingerprint density at radius 3 is 1.88 bits per heavy atom. The van der Waals surface area contributed by atoms with E-state index in [9.17, 15) is 5.11 Å². The van der Waals surface area contributed by atoms with Crippen LogP contribution < -0.4 is 0 Å². The molecule has 0 bridgehead atoms. The molecule has 3 nitrogen and oxygen atoms in total. The minimum Gasteiger partial charge on any atom is -0.394 e. The SMILES string of the molecule is CC(C)(C)CC(OCC(O)CO)C(C)(C)C. The van der Waals surface area contributed by atoms with Gasteiger partial charge in [-0.2, -0.15) is 0 Å². The van der Waals surface area contributed by atoms with Crippen LogP contribution in [0.5, 0.6) is 0 Å². The standard InChI is InChI=1S/C13H28O3/c1-12(2,3)7-11(13(4,5)6)16-9-10(15)8-14/h10-11,14-15H,7-9H2,1-6H3. The molecule has 2 unspecified atom stereocenters. The maximum atomic E-state index is 9.30. The van der Waals surface area contributed by atoms with Crippen molar-refractivity contribution < 1.29 is 14.9 Å². The lowest BCUT2D eigenvalue weighted by Crippen LogP contribution is -2.36. The van der Waals surface area contributed by atoms with Gasteiger partial charge in [0.15, 0.2) is 0 Å². The summed E-state index contributed by atoms with van der Waals surface area (Å²) in [5.74, 6) is 0. The molecule has 0 aliphatic rings. The zero-order chi connectivity index (χ0) is 13.0. The van der Waals surface area contributed by atoms with Crippen LogP contribution in [0.1, 0.15) is 48.0 Å². The molecule has 2 N–H and O–H groups in total. The number of hydrogen-bond donors (Lipinski definition) is 2. The van der Waals surface area contributed by atoms with Crippen LogP contribution in [0.15, 0.2) is 0 Å². The second kappa shape index (κ2) is 5.99. The average Bonchev–Trinajstić information content (AvgIpc) is 2.08. The van der Waals surface area contributed by atoms with Crippen LogP contribution >= 0.6 is 0 Å². The molecule has 16 heavy (non-hydrogen) atoms. The van der Waals surface area contributed by atoms with Crippen LogP contribution in [0.3, 0.4) is 0 Å². The Labute approximate surface area is 99.8 Å². The van der Waals surface area contributed by atoms with E-state index in [1.54, 1.807) is 0 Å². The second-order valence-corrected chi connectivity index (χ2v) is 6.79. The minimum absolute atomic E-state index is 0.0441. The molecule has 0 saturated heterocycles. The fourth-order valence-electron chi connectivity index (χ4n) is 1.45. The quantitative estimate of drug-likeness (QED) is 0.764. The van der Waals surface area contributed by atoms with Gasteiger partial charge in [-0.1, -0.05) is 41.5 Å². The summed E-state index contributed by atoms with van der Waals surface area (Å²) in [4.78, 5) is 0. The maximum absolute atomic E-state index is 9.30. The van der Waals surface area contributed by atoms with Crippen LogP contribution in [-0.2, 0) is 4.74 Å². The highest BCUT2D eigenvalue weighted by atomic mass is 16.5. The van der Waals surface area contributed by atoms with Crippen LogP contribution in [0.4, 0.5) is 0 Å². The molecular formula is C13H28O3. The molecule has 0 aromatic rings. The van der Waals surface area contributed by atoms with E-state index in [4.69, 9.17) is 9.84 Å². The summed E-state index contributed by atoms with van der Waals surface area (Å²) in [7, 11) is 0. The smallest absolute Gasteiger partial charge is 0.100 e. The summed E-state index contributed by atoms with van der Waals surface area (Å²) in [6.45, 7) is 12.9. The van der Waals surface area contributed by atoms with Crippen LogP contribution in [0.2, 0.25) is 0 Å². The summed E-state index contributed by atoms with van der Waals surface area (Å²) in [6, 6.07) is 0. The maximum Gasteiger partial charge on any atom is 0.100 e. The number of rotatable bonds is 5. The molecule has 3 heteroatoms. The highest BCUT2D eigenvalue weighted by Gasteiger charge is 2.30. The van der Waals surface area contributed by atoms with Gasteiger partial charge in [-0.15, -0.1) is 0 Å². The fraction of sp³-hybridized carbons (Fsp3) is 1.00. The first-order valence-corrected chi connectivity index (χ1v) is 5.97. The van der Waals surface area contributed by atoms with E-state index in [0.717, 1.165) is 6.42 Å². The van der Waals surface area contributed by atoms with E-state index >= 15 is 0 Å². The summed E-state index contributed by atoms with van der Waals surface area (Å²) in [5.41, 5.74) is 0.241. The van der Waals surface area contributed by atoms with Gasteiger partial charge in [0.25, 0.3) is 0 Å². The zero-order valence-corrected chi connectivity index (χ0v) is 11.6. The Balaban J connectivity index is 4.35. The molecular weight excluding hydrogens is 204 g/mol. The van der Waals surface area contributed by atoms with Crippen LogP contribution in [0, 0.1) is 10.8 Å². The summed E-state index contributed by atoms with van der Waals surface area (Å²) >= 11 is 0. The van der Waals surface area contributed by atoms with Crippen molar-refractivity contribution in [2.24, 2.45) is 10.8 Å². The summed E-state index contributed by atoms with van der Waals surface area (Å²) in [5, 5.41) is 18.0. The Kier molecular flexibility index (Phi) is 5.94. The highest BCUT2D eigenvalue weighted by Crippen LogP contribution is 2.32. The van der Waals surface area contributed by atoms with Crippen molar-refractivity contribution >= 4 is 0 Å². The normalized spacial score (nSPS) is 17.2. The first kappa shape index (κ1) is 15.9. The number of aliphatic hydroxyl groups is 2. The molecule has 98 valence electrons. The first-order valence-electron chi connectivity index (χ1n) is 5.97. The third-order valence-corrected chi connectivity index (χ3v) is 2.46. The summed E-state index contributed by atoms with van der Waals surface area (Å²) < 4.78 is 5.73. The van der Waals surface area contributed by atoms with Crippen molar-refractivity contribution in [2.45, 2.75) is 60.2 Å². The van der Waals surface area contributed by atoms with Crippen molar-refractivity contribution in [3.63, 3.8) is 0 Å². The van der Waals surface area contributed by atoms with Crippen LogP contribution in [0.25, 0.3) is 0 Å². The Morgan fingerprint density at radius 2 is 1.56 bits per heavy atom. The molecule has 0 saturated carbocycles. The lowest BCUT2D eigenvalue weighted by molar-refractivity contribution is -0.0803. The van der Waals surface area contributed by atoms with Crippen LogP contribution in [-0.4, -0.2) is 35.6 Å². The number of aliphatic hydroxyl groups excluding tert-OH is 2. The molecule has 0 radical (unpaired) electrons. The lowest BCUT2D eigenvalue weighted by atomic mass is 9.78. The molecule has 2 atom stereocenters. The monoisotopic (exact) mass is 232 g/mol. The molecule has 0 spiro atoms. The van der Waals surface area contributed by atoms with Crippen molar-refractivity contribution in [1.82, 2.24) is 0 Å². The zero-order valence-electron chi connectivity index (χ0n) is 11.6. The topological polar surface area (TPSA) is 49.7 Å². The van der Waals surface area contributed by atoms with Gasteiger partial charge in [-0.05, 0) is 17.3 Å². The molecule has 0 fully saturated rings. The first-order chi connectivity index (χ1) is 7.06. The molecule has 0 aliphatic heterocycles. The van der Waals surface area contributed by atoms with Gasteiger partial charge in [0, 0.05) is 0 Å². The summed E-state index contributed by atoms with van der Waals surface area (Å²) in [6.07, 6.45) is 0.257. The van der Waals surface area contributed by atoms with E-state index in [1.165, 1.54) is 0 Å². The lowest BCUT2D eigenvalue weighted by Gasteiger charge is -2.35. The predicted molar refractivity (Wildman–Crippen MR) is 66.4 cm³/mol. The Bertz CT molecular complexity index is 188. The van der Waals surface area contributed by atoms with Gasteiger partial charge in [0.1, 0.15) is 6.10 Å².